The predicted octanol–water partition coefficient (Wildman–Crippen LogP) is 3.18. The van der Waals surface area contributed by atoms with Crippen molar-refractivity contribution in [3.63, 3.8) is 0 Å². The average molecular weight is 456 g/mol. The second-order valence-corrected chi connectivity index (χ2v) is 7.93. The van der Waals surface area contributed by atoms with Crippen molar-refractivity contribution < 1.29 is 26.7 Å². The molecule has 0 radical (unpaired) electrons. The highest BCUT2D eigenvalue weighted by atomic mass is 32.1. The second-order valence-electron chi connectivity index (χ2n) is 6.85. The van der Waals surface area contributed by atoms with Crippen molar-refractivity contribution in [2.75, 3.05) is 0 Å². The summed E-state index contributed by atoms with van der Waals surface area (Å²) < 4.78 is 67.7. The highest BCUT2D eigenvalue weighted by molar-refractivity contribution is 7.18. The average Bonchev–Trinajstić information content (AvgIpc) is 3.14. The minimum absolute atomic E-state index is 0.299. The maximum Gasteiger partial charge on any atom is 0.262 e. The quantitative estimate of drug-likeness (QED) is 0.215. The van der Waals surface area contributed by atoms with Crippen LogP contribution in [0.25, 0.3) is 10.2 Å². The van der Waals surface area contributed by atoms with Gasteiger partial charge in [-0.1, -0.05) is 0 Å². The van der Waals surface area contributed by atoms with Gasteiger partial charge in [-0.15, -0.1) is 11.3 Å². The van der Waals surface area contributed by atoms with E-state index in [9.17, 15) is 31.5 Å². The molecule has 1 N–H and O–H groups in total. The van der Waals surface area contributed by atoms with Gasteiger partial charge < -0.3 is 0 Å². The Morgan fingerprint density at radius 1 is 1.10 bits per heavy atom. The summed E-state index contributed by atoms with van der Waals surface area (Å²) in [5.74, 6) is -11.6. The van der Waals surface area contributed by atoms with Crippen LogP contribution in [0, 0.1) is 29.1 Å². The van der Waals surface area contributed by atoms with E-state index in [0.717, 1.165) is 40.7 Å². The molecule has 0 fully saturated rings. The van der Waals surface area contributed by atoms with Gasteiger partial charge in [-0.3, -0.25) is 14.2 Å². The molecule has 0 aliphatic heterocycles. The highest BCUT2D eigenvalue weighted by Gasteiger charge is 2.25. The molecule has 0 bridgehead atoms. The Morgan fingerprint density at radius 2 is 1.74 bits per heavy atom. The van der Waals surface area contributed by atoms with E-state index in [-0.39, 0.29) is 0 Å². The van der Waals surface area contributed by atoms with Gasteiger partial charge in [0, 0.05) is 4.88 Å². The zero-order valence-electron chi connectivity index (χ0n) is 15.6. The Bertz CT molecular complexity index is 1270. The van der Waals surface area contributed by atoms with Crippen molar-refractivity contribution >= 4 is 33.7 Å². The molecule has 3 aromatic rings. The Labute approximate surface area is 175 Å². The van der Waals surface area contributed by atoms with E-state index in [4.69, 9.17) is 0 Å². The number of halogens is 5. The third-order valence-corrected chi connectivity index (χ3v) is 6.08. The van der Waals surface area contributed by atoms with Gasteiger partial charge in [0.25, 0.3) is 11.5 Å². The van der Waals surface area contributed by atoms with Crippen LogP contribution in [0.5, 0.6) is 0 Å². The SMILES string of the molecule is O=C(Cn1cnc2sc3c(c2c1=O)CCCC3)N/N=C\c1c(F)c(F)c(F)c(F)c1F. The molecule has 1 aliphatic carbocycles. The van der Waals surface area contributed by atoms with Crippen molar-refractivity contribution in [2.24, 2.45) is 5.10 Å². The monoisotopic (exact) mass is 456 g/mol. The molecule has 0 saturated heterocycles. The number of nitrogens with zero attached hydrogens (tertiary/aromatic N) is 3. The van der Waals surface area contributed by atoms with Crippen LogP contribution in [0.1, 0.15) is 28.8 Å². The van der Waals surface area contributed by atoms with Crippen molar-refractivity contribution in [3.05, 3.63) is 61.8 Å². The lowest BCUT2D eigenvalue weighted by molar-refractivity contribution is -0.121. The summed E-state index contributed by atoms with van der Waals surface area (Å²) in [6.07, 6.45) is 5.14. The van der Waals surface area contributed by atoms with Crippen LogP contribution in [0.4, 0.5) is 22.0 Å². The molecule has 162 valence electrons. The Kier molecular flexibility index (Phi) is 5.56. The third-order valence-electron chi connectivity index (χ3n) is 4.88. The van der Waals surface area contributed by atoms with E-state index in [2.05, 4.69) is 10.1 Å². The van der Waals surface area contributed by atoms with E-state index in [1.54, 1.807) is 0 Å². The van der Waals surface area contributed by atoms with Gasteiger partial charge in [0.15, 0.2) is 23.3 Å². The number of amides is 1. The van der Waals surface area contributed by atoms with Gasteiger partial charge >= 0.3 is 0 Å². The molecule has 2 aromatic heterocycles. The fraction of sp³-hybridized carbons (Fsp3) is 0.263. The number of thiophene rings is 1. The predicted molar refractivity (Wildman–Crippen MR) is 102 cm³/mol. The first-order chi connectivity index (χ1) is 14.8. The number of benzene rings is 1. The van der Waals surface area contributed by atoms with Gasteiger partial charge in [-0.05, 0) is 31.2 Å². The summed E-state index contributed by atoms with van der Waals surface area (Å²) in [5.41, 5.74) is 1.14. The molecule has 1 aliphatic rings. The molecule has 0 unspecified atom stereocenters. The molecule has 1 amide bonds. The van der Waals surface area contributed by atoms with Crippen LogP contribution >= 0.6 is 11.3 Å². The molecule has 0 saturated carbocycles. The van der Waals surface area contributed by atoms with Gasteiger partial charge in [-0.25, -0.2) is 32.4 Å². The Morgan fingerprint density at radius 3 is 2.45 bits per heavy atom. The zero-order chi connectivity index (χ0) is 22.3. The minimum Gasteiger partial charge on any atom is -0.289 e. The van der Waals surface area contributed by atoms with E-state index < -0.39 is 52.7 Å². The molecule has 0 spiro atoms. The van der Waals surface area contributed by atoms with E-state index in [0.29, 0.717) is 16.4 Å². The molecule has 31 heavy (non-hydrogen) atoms. The summed E-state index contributed by atoms with van der Waals surface area (Å²) in [6.45, 7) is -0.499. The number of carbonyl (C=O) groups is 1. The number of aryl methyl sites for hydroxylation is 2. The fourth-order valence-electron chi connectivity index (χ4n) is 3.39. The number of rotatable bonds is 4. The number of hydrazone groups is 1. The van der Waals surface area contributed by atoms with Crippen LogP contribution in [0.3, 0.4) is 0 Å². The van der Waals surface area contributed by atoms with Crippen LogP contribution in [-0.4, -0.2) is 21.7 Å². The number of carbonyl (C=O) groups excluding carboxylic acids is 1. The summed E-state index contributed by atoms with van der Waals surface area (Å²) in [6, 6.07) is 0. The third kappa shape index (κ3) is 3.71. The lowest BCUT2D eigenvalue weighted by Crippen LogP contribution is -2.30. The number of nitrogens with one attached hydrogen (secondary N) is 1. The lowest BCUT2D eigenvalue weighted by atomic mass is 9.97. The maximum absolute atomic E-state index is 13.6. The van der Waals surface area contributed by atoms with Gasteiger partial charge in [0.1, 0.15) is 11.4 Å². The minimum atomic E-state index is -2.30. The molecule has 12 heteroatoms. The Hall–Kier alpha value is -3.15. The van der Waals surface area contributed by atoms with Crippen molar-refractivity contribution in [3.8, 4) is 0 Å². The van der Waals surface area contributed by atoms with Crippen molar-refractivity contribution in [1.29, 1.82) is 0 Å². The molecule has 2 heterocycles. The molecule has 6 nitrogen and oxygen atoms in total. The first-order valence-corrected chi connectivity index (χ1v) is 9.94. The maximum atomic E-state index is 13.6. The number of fused-ring (bicyclic) bond motifs is 3. The summed E-state index contributed by atoms with van der Waals surface area (Å²) in [5, 5.41) is 3.70. The van der Waals surface area contributed by atoms with E-state index in [1.165, 1.54) is 17.7 Å². The Balaban J connectivity index is 1.53. The molecular formula is C19H13F5N4O2S. The van der Waals surface area contributed by atoms with E-state index >= 15 is 0 Å². The normalized spacial score (nSPS) is 13.7. The summed E-state index contributed by atoms with van der Waals surface area (Å²) in [4.78, 5) is 30.8. The number of aromatic nitrogens is 2. The van der Waals surface area contributed by atoms with Crippen molar-refractivity contribution in [2.45, 2.75) is 32.2 Å². The number of hydrogen-bond acceptors (Lipinski definition) is 5. The summed E-state index contributed by atoms with van der Waals surface area (Å²) >= 11 is 1.45. The molecule has 4 rings (SSSR count). The van der Waals surface area contributed by atoms with Gasteiger partial charge in [-0.2, -0.15) is 5.10 Å². The van der Waals surface area contributed by atoms with Gasteiger partial charge in [0.2, 0.25) is 5.82 Å². The van der Waals surface area contributed by atoms with Crippen LogP contribution in [0.2, 0.25) is 0 Å². The molecule has 1 aromatic carbocycles. The van der Waals surface area contributed by atoms with Crippen LogP contribution < -0.4 is 11.0 Å². The van der Waals surface area contributed by atoms with Crippen LogP contribution in [0.15, 0.2) is 16.2 Å². The zero-order valence-corrected chi connectivity index (χ0v) is 16.5. The largest absolute Gasteiger partial charge is 0.289 e. The smallest absolute Gasteiger partial charge is 0.262 e. The second kappa shape index (κ2) is 8.17. The highest BCUT2D eigenvalue weighted by Crippen LogP contribution is 2.33. The molecular weight excluding hydrogens is 443 g/mol. The van der Waals surface area contributed by atoms with E-state index in [1.807, 2.05) is 5.43 Å². The van der Waals surface area contributed by atoms with Crippen LogP contribution in [-0.2, 0) is 24.2 Å². The first-order valence-electron chi connectivity index (χ1n) is 9.12. The van der Waals surface area contributed by atoms with Gasteiger partial charge in [0.05, 0.1) is 23.5 Å². The first kappa shape index (κ1) is 21.1. The topological polar surface area (TPSA) is 76.3 Å². The standard InChI is InChI=1S/C19H13F5N4O2S/c20-13-9(14(21)16(23)17(24)15(13)22)5-26-27-11(29)6-28-7-25-18-12(19(28)30)8-3-1-2-4-10(8)31-18/h5,7H,1-4,6H2,(H,27,29)/b26-5-. The molecule has 0 atom stereocenters. The lowest BCUT2D eigenvalue weighted by Gasteiger charge is -2.10. The number of hydrogen-bond donors (Lipinski definition) is 1. The fourth-order valence-corrected chi connectivity index (χ4v) is 4.61. The van der Waals surface area contributed by atoms with Crippen molar-refractivity contribution in [1.82, 2.24) is 15.0 Å². The summed E-state index contributed by atoms with van der Waals surface area (Å²) in [7, 11) is 0.